The van der Waals surface area contributed by atoms with E-state index in [9.17, 15) is 0 Å². The van der Waals surface area contributed by atoms with Gasteiger partial charge in [-0.15, -0.1) is 0 Å². The van der Waals surface area contributed by atoms with Gasteiger partial charge < -0.3 is 0 Å². The molecule has 0 fully saturated rings. The molecule has 0 aromatic heterocycles. The standard InChI is InChI=1S/C16H15/c1-3-9-15(10-4-1)13-7-8-14-16-11-5-2-6-12-16/h1-7,9,11-13H,8,14H2. The molecule has 0 saturated heterocycles. The fourth-order valence-corrected chi connectivity index (χ4v) is 1.62. The summed E-state index contributed by atoms with van der Waals surface area (Å²) in [6.45, 7) is 0. The van der Waals surface area contributed by atoms with Crippen LogP contribution in [0.3, 0.4) is 0 Å². The molecule has 0 spiro atoms. The van der Waals surface area contributed by atoms with Crippen molar-refractivity contribution in [1.82, 2.24) is 0 Å². The lowest BCUT2D eigenvalue weighted by Crippen LogP contribution is -1.81. The van der Waals surface area contributed by atoms with Gasteiger partial charge in [-0.05, 0) is 30.0 Å². The molecule has 0 heterocycles. The number of allylic oxidation sites excluding steroid dienone is 1. The zero-order valence-electron chi connectivity index (χ0n) is 9.27. The molecule has 2 aromatic carbocycles. The highest BCUT2D eigenvalue weighted by Crippen LogP contribution is 2.05. The molecule has 0 aliphatic carbocycles. The van der Waals surface area contributed by atoms with Crippen LogP contribution in [0.1, 0.15) is 17.5 Å². The Bertz CT molecular complexity index is 426. The minimum atomic E-state index is 1.08. The van der Waals surface area contributed by atoms with Crippen molar-refractivity contribution in [3.63, 3.8) is 0 Å². The fourth-order valence-electron chi connectivity index (χ4n) is 1.62. The molecular formula is C16H15. The molecule has 0 bridgehead atoms. The van der Waals surface area contributed by atoms with Gasteiger partial charge in [0.15, 0.2) is 0 Å². The Morgan fingerprint density at radius 3 is 2.50 bits per heavy atom. The topological polar surface area (TPSA) is 0 Å². The molecule has 16 heavy (non-hydrogen) atoms. The normalized spacial score (nSPS) is 10.8. The Balaban J connectivity index is 1.83. The van der Waals surface area contributed by atoms with Gasteiger partial charge in [-0.3, -0.25) is 0 Å². The van der Waals surface area contributed by atoms with Crippen molar-refractivity contribution in [1.29, 1.82) is 0 Å². The Kier molecular flexibility index (Phi) is 3.95. The molecule has 0 N–H and O–H groups in total. The molecule has 0 atom stereocenters. The van der Waals surface area contributed by atoms with Gasteiger partial charge in [-0.2, -0.15) is 0 Å². The molecule has 2 rings (SSSR count). The van der Waals surface area contributed by atoms with Crippen molar-refractivity contribution in [2.75, 3.05) is 0 Å². The molecule has 0 aliphatic rings. The Morgan fingerprint density at radius 1 is 0.938 bits per heavy atom. The summed E-state index contributed by atoms with van der Waals surface area (Å²) in [7, 11) is 0. The predicted octanol–water partition coefficient (Wildman–Crippen LogP) is 4.13. The molecule has 0 nitrogen and oxygen atoms in total. The molecule has 0 heteroatoms. The highest BCUT2D eigenvalue weighted by atomic mass is 13.9. The first-order valence-corrected chi connectivity index (χ1v) is 5.62. The molecule has 79 valence electrons. The molecule has 0 saturated carbocycles. The second kappa shape index (κ2) is 5.92. The first-order valence-electron chi connectivity index (χ1n) is 5.62. The predicted molar refractivity (Wildman–Crippen MR) is 69.1 cm³/mol. The second-order valence-electron chi connectivity index (χ2n) is 3.74. The molecule has 1 radical (unpaired) electrons. The van der Waals surface area contributed by atoms with Gasteiger partial charge in [-0.25, -0.2) is 0 Å². The van der Waals surface area contributed by atoms with E-state index in [-0.39, 0.29) is 0 Å². The molecule has 2 aromatic rings. The van der Waals surface area contributed by atoms with E-state index in [0.29, 0.717) is 0 Å². The summed E-state index contributed by atoms with van der Waals surface area (Å²) in [6, 6.07) is 21.8. The lowest BCUT2D eigenvalue weighted by Gasteiger charge is -1.96. The smallest absolute Gasteiger partial charge is 0.0106 e. The molecule has 0 aliphatic heterocycles. The van der Waals surface area contributed by atoms with Crippen molar-refractivity contribution in [3.05, 3.63) is 77.9 Å². The first kappa shape index (κ1) is 10.7. The van der Waals surface area contributed by atoms with Crippen LogP contribution in [0.15, 0.2) is 60.7 Å². The third-order valence-electron chi connectivity index (χ3n) is 2.47. The maximum Gasteiger partial charge on any atom is -0.0106 e. The van der Waals surface area contributed by atoms with Crippen LogP contribution < -0.4 is 0 Å². The van der Waals surface area contributed by atoms with Crippen LogP contribution in [0.4, 0.5) is 0 Å². The van der Waals surface area contributed by atoms with Gasteiger partial charge in [0.25, 0.3) is 0 Å². The maximum absolute atomic E-state index is 3.18. The lowest BCUT2D eigenvalue weighted by atomic mass is 10.1. The van der Waals surface area contributed by atoms with Crippen molar-refractivity contribution in [2.45, 2.75) is 12.8 Å². The summed E-state index contributed by atoms with van der Waals surface area (Å²) >= 11 is 0. The Labute approximate surface area is 97.3 Å². The van der Waals surface area contributed by atoms with Crippen LogP contribution in [0.25, 0.3) is 6.08 Å². The van der Waals surface area contributed by atoms with E-state index in [4.69, 9.17) is 0 Å². The summed E-state index contributed by atoms with van der Waals surface area (Å²) in [4.78, 5) is 0. The van der Waals surface area contributed by atoms with E-state index in [2.05, 4.69) is 54.6 Å². The fraction of sp³-hybridized carbons (Fsp3) is 0.125. The average molecular weight is 207 g/mol. The zero-order valence-corrected chi connectivity index (χ0v) is 9.27. The number of benzene rings is 2. The number of hydrogen-bond donors (Lipinski definition) is 0. The maximum atomic E-state index is 3.18. The number of aryl methyl sites for hydroxylation is 1. The molecule has 0 amide bonds. The molecule has 0 unspecified atom stereocenters. The van der Waals surface area contributed by atoms with Gasteiger partial charge in [0.05, 0.1) is 0 Å². The van der Waals surface area contributed by atoms with E-state index in [1.165, 1.54) is 5.56 Å². The van der Waals surface area contributed by atoms with Gasteiger partial charge in [0.2, 0.25) is 0 Å². The van der Waals surface area contributed by atoms with Crippen molar-refractivity contribution < 1.29 is 0 Å². The zero-order chi connectivity index (χ0) is 11.1. The highest BCUT2D eigenvalue weighted by Gasteiger charge is 1.88. The van der Waals surface area contributed by atoms with Crippen molar-refractivity contribution in [2.24, 2.45) is 0 Å². The summed E-state index contributed by atoms with van der Waals surface area (Å²) < 4.78 is 0. The summed E-state index contributed by atoms with van der Waals surface area (Å²) in [5, 5.41) is 0. The van der Waals surface area contributed by atoms with Gasteiger partial charge in [0, 0.05) is 0 Å². The van der Waals surface area contributed by atoms with E-state index < -0.39 is 0 Å². The van der Waals surface area contributed by atoms with Crippen LogP contribution in [0, 0.1) is 6.07 Å². The largest absolute Gasteiger partial charge is 0.0836 e. The van der Waals surface area contributed by atoms with Crippen LogP contribution in [0.5, 0.6) is 0 Å². The first-order chi connectivity index (χ1) is 7.95. The van der Waals surface area contributed by atoms with Gasteiger partial charge >= 0.3 is 0 Å². The van der Waals surface area contributed by atoms with E-state index in [1.54, 1.807) is 0 Å². The molecular weight excluding hydrogens is 192 g/mol. The van der Waals surface area contributed by atoms with E-state index in [1.807, 2.05) is 18.2 Å². The second-order valence-corrected chi connectivity index (χ2v) is 3.74. The summed E-state index contributed by atoms with van der Waals surface area (Å²) in [5.74, 6) is 0. The van der Waals surface area contributed by atoms with Crippen LogP contribution in [-0.4, -0.2) is 0 Å². The Hall–Kier alpha value is -1.82. The third-order valence-corrected chi connectivity index (χ3v) is 2.47. The third kappa shape index (κ3) is 3.39. The van der Waals surface area contributed by atoms with Crippen molar-refractivity contribution in [3.8, 4) is 0 Å². The summed E-state index contributed by atoms with van der Waals surface area (Å²) in [5.41, 5.74) is 2.54. The minimum Gasteiger partial charge on any atom is -0.0836 e. The minimum absolute atomic E-state index is 1.08. The monoisotopic (exact) mass is 207 g/mol. The average Bonchev–Trinajstić information content (AvgIpc) is 2.37. The van der Waals surface area contributed by atoms with Crippen LogP contribution >= 0.6 is 0 Å². The quantitative estimate of drug-likeness (QED) is 0.707. The number of hydrogen-bond acceptors (Lipinski definition) is 0. The van der Waals surface area contributed by atoms with Gasteiger partial charge in [-0.1, -0.05) is 66.7 Å². The SMILES string of the molecule is [c]1ccccc1C=CCCc1ccccc1. The lowest BCUT2D eigenvalue weighted by molar-refractivity contribution is 1.01. The Morgan fingerprint density at radius 2 is 1.75 bits per heavy atom. The summed E-state index contributed by atoms with van der Waals surface area (Å²) in [6.07, 6.45) is 6.51. The van der Waals surface area contributed by atoms with Gasteiger partial charge in [0.1, 0.15) is 0 Å². The van der Waals surface area contributed by atoms with E-state index >= 15 is 0 Å². The number of rotatable bonds is 4. The van der Waals surface area contributed by atoms with E-state index in [0.717, 1.165) is 18.4 Å². The van der Waals surface area contributed by atoms with Crippen LogP contribution in [-0.2, 0) is 6.42 Å². The van der Waals surface area contributed by atoms with Crippen LogP contribution in [0.2, 0.25) is 0 Å². The highest BCUT2D eigenvalue weighted by molar-refractivity contribution is 5.47. The van der Waals surface area contributed by atoms with Crippen molar-refractivity contribution >= 4 is 6.08 Å².